The molecular formula is C11H11BrN2O5. The summed E-state index contributed by atoms with van der Waals surface area (Å²) in [5.74, 6) is -3.03. The first kappa shape index (κ1) is 15.1. The van der Waals surface area contributed by atoms with Crippen LogP contribution in [0.5, 0.6) is 0 Å². The van der Waals surface area contributed by atoms with Crippen molar-refractivity contribution in [2.75, 3.05) is 0 Å². The quantitative estimate of drug-likeness (QED) is 0.667. The van der Waals surface area contributed by atoms with Crippen molar-refractivity contribution < 1.29 is 24.6 Å². The molecule has 0 fully saturated rings. The molecule has 0 radical (unpaired) electrons. The lowest BCUT2D eigenvalue weighted by Gasteiger charge is -2.13. The van der Waals surface area contributed by atoms with Crippen molar-refractivity contribution in [2.45, 2.75) is 18.9 Å². The van der Waals surface area contributed by atoms with Gasteiger partial charge in [-0.05, 0) is 34.5 Å². The van der Waals surface area contributed by atoms with E-state index in [0.717, 1.165) is 0 Å². The van der Waals surface area contributed by atoms with Crippen molar-refractivity contribution in [3.63, 3.8) is 0 Å². The molecule has 102 valence electrons. The van der Waals surface area contributed by atoms with Gasteiger partial charge in [-0.1, -0.05) is 0 Å². The summed E-state index contributed by atoms with van der Waals surface area (Å²) in [5, 5.41) is 19.7. The number of pyridine rings is 1. The first-order valence-electron chi connectivity index (χ1n) is 5.27. The third-order valence-electron chi connectivity index (χ3n) is 2.25. The Morgan fingerprint density at radius 3 is 2.58 bits per heavy atom. The van der Waals surface area contributed by atoms with Crippen molar-refractivity contribution in [3.8, 4) is 0 Å². The fourth-order valence-corrected chi connectivity index (χ4v) is 1.75. The number of rotatable bonds is 6. The Labute approximate surface area is 116 Å². The summed E-state index contributed by atoms with van der Waals surface area (Å²) < 4.78 is 0.287. The van der Waals surface area contributed by atoms with E-state index in [1.54, 1.807) is 0 Å². The molecule has 3 N–H and O–H groups in total. The number of nitrogens with zero attached hydrogens (tertiary/aromatic N) is 1. The van der Waals surface area contributed by atoms with Gasteiger partial charge >= 0.3 is 11.9 Å². The van der Waals surface area contributed by atoms with E-state index in [1.165, 1.54) is 18.3 Å². The first-order valence-corrected chi connectivity index (χ1v) is 6.07. The van der Waals surface area contributed by atoms with E-state index in [9.17, 15) is 14.4 Å². The molecule has 19 heavy (non-hydrogen) atoms. The highest BCUT2D eigenvalue weighted by molar-refractivity contribution is 9.10. The Balaban J connectivity index is 2.74. The van der Waals surface area contributed by atoms with E-state index in [2.05, 4.69) is 26.2 Å². The maximum atomic E-state index is 11.8. The van der Waals surface area contributed by atoms with Crippen LogP contribution in [0.4, 0.5) is 0 Å². The van der Waals surface area contributed by atoms with Gasteiger partial charge < -0.3 is 15.5 Å². The van der Waals surface area contributed by atoms with Gasteiger partial charge in [0.25, 0.3) is 5.91 Å². The average Bonchev–Trinajstić information content (AvgIpc) is 2.34. The minimum atomic E-state index is -1.28. The van der Waals surface area contributed by atoms with Crippen LogP contribution in [0.3, 0.4) is 0 Å². The number of hydrogen-bond donors (Lipinski definition) is 3. The topological polar surface area (TPSA) is 117 Å². The third kappa shape index (κ3) is 4.66. The van der Waals surface area contributed by atoms with Gasteiger partial charge in [-0.2, -0.15) is 0 Å². The molecule has 0 aliphatic heterocycles. The number of aliphatic carboxylic acids is 2. The summed E-state index contributed by atoms with van der Waals surface area (Å²) in [4.78, 5) is 37.0. The molecule has 1 heterocycles. The molecule has 0 aromatic carbocycles. The van der Waals surface area contributed by atoms with Crippen LogP contribution < -0.4 is 5.32 Å². The second kappa shape index (κ2) is 6.83. The van der Waals surface area contributed by atoms with Gasteiger partial charge in [0.1, 0.15) is 10.6 Å². The van der Waals surface area contributed by atoms with E-state index in [0.29, 0.717) is 0 Å². The van der Waals surface area contributed by atoms with Crippen molar-refractivity contribution in [1.82, 2.24) is 10.3 Å². The van der Waals surface area contributed by atoms with Gasteiger partial charge in [0.05, 0.1) is 5.56 Å². The summed E-state index contributed by atoms with van der Waals surface area (Å²) in [6.07, 6.45) is 0.944. The van der Waals surface area contributed by atoms with Gasteiger partial charge in [-0.3, -0.25) is 9.59 Å². The molecule has 1 aromatic heterocycles. The number of carbonyl (C=O) groups excluding carboxylic acids is 1. The molecule has 1 rings (SSSR count). The van der Waals surface area contributed by atoms with Gasteiger partial charge in [-0.25, -0.2) is 9.78 Å². The third-order valence-corrected chi connectivity index (χ3v) is 2.89. The van der Waals surface area contributed by atoms with Crippen LogP contribution >= 0.6 is 15.9 Å². The van der Waals surface area contributed by atoms with Gasteiger partial charge in [0, 0.05) is 12.6 Å². The monoisotopic (exact) mass is 330 g/mol. The summed E-state index contributed by atoms with van der Waals surface area (Å²) in [5.41, 5.74) is 0.184. The number of nitrogens with one attached hydrogen (secondary N) is 1. The molecule has 1 aromatic rings. The Hall–Kier alpha value is -1.96. The number of carboxylic acid groups (broad SMARTS) is 2. The Morgan fingerprint density at radius 2 is 2.05 bits per heavy atom. The zero-order chi connectivity index (χ0) is 14.4. The Kier molecular flexibility index (Phi) is 5.43. The normalized spacial score (nSPS) is 11.6. The van der Waals surface area contributed by atoms with Crippen LogP contribution in [-0.4, -0.2) is 39.1 Å². The maximum absolute atomic E-state index is 11.8. The first-order chi connectivity index (χ1) is 8.91. The number of carboxylic acids is 2. The molecule has 0 bridgehead atoms. The van der Waals surface area contributed by atoms with Gasteiger partial charge in [0.15, 0.2) is 0 Å². The summed E-state index contributed by atoms with van der Waals surface area (Å²) in [7, 11) is 0. The van der Waals surface area contributed by atoms with E-state index in [-0.39, 0.29) is 23.0 Å². The van der Waals surface area contributed by atoms with Crippen LogP contribution in [-0.2, 0) is 9.59 Å². The van der Waals surface area contributed by atoms with Gasteiger partial charge in [-0.15, -0.1) is 0 Å². The van der Waals surface area contributed by atoms with E-state index in [4.69, 9.17) is 10.2 Å². The fourth-order valence-electron chi connectivity index (χ4n) is 1.32. The summed E-state index contributed by atoms with van der Waals surface area (Å²) in [6.45, 7) is 0. The lowest BCUT2D eigenvalue weighted by molar-refractivity contribution is -0.140. The van der Waals surface area contributed by atoms with Crippen LogP contribution in [0.15, 0.2) is 22.9 Å². The molecule has 0 saturated carbocycles. The highest BCUT2D eigenvalue weighted by Gasteiger charge is 2.22. The molecule has 0 spiro atoms. The molecule has 7 nitrogen and oxygen atoms in total. The van der Waals surface area contributed by atoms with Crippen molar-refractivity contribution in [2.24, 2.45) is 0 Å². The van der Waals surface area contributed by atoms with Gasteiger partial charge in [0.2, 0.25) is 0 Å². The number of hydrogen-bond acceptors (Lipinski definition) is 4. The number of amides is 1. The molecule has 0 saturated heterocycles. The van der Waals surface area contributed by atoms with E-state index in [1.807, 2.05) is 0 Å². The van der Waals surface area contributed by atoms with Crippen molar-refractivity contribution in [1.29, 1.82) is 0 Å². The molecule has 0 aliphatic rings. The van der Waals surface area contributed by atoms with E-state index < -0.39 is 23.9 Å². The zero-order valence-electron chi connectivity index (χ0n) is 9.67. The zero-order valence-corrected chi connectivity index (χ0v) is 11.3. The summed E-state index contributed by atoms with van der Waals surface area (Å²) >= 11 is 3.07. The molecule has 1 atom stereocenters. The molecule has 8 heteroatoms. The van der Waals surface area contributed by atoms with Crippen LogP contribution in [0.25, 0.3) is 0 Å². The van der Waals surface area contributed by atoms with Crippen LogP contribution in [0, 0.1) is 0 Å². The minimum absolute atomic E-state index is 0.184. The predicted octanol–water partition coefficient (Wildman–Crippen LogP) is 0.892. The molecule has 1 unspecified atom stereocenters. The second-order valence-corrected chi connectivity index (χ2v) is 4.39. The Bertz CT molecular complexity index is 506. The molecule has 1 amide bonds. The predicted molar refractivity (Wildman–Crippen MR) is 67.7 cm³/mol. The van der Waals surface area contributed by atoms with Crippen LogP contribution in [0.1, 0.15) is 23.2 Å². The maximum Gasteiger partial charge on any atom is 0.326 e. The molecule has 0 aliphatic carbocycles. The second-order valence-electron chi connectivity index (χ2n) is 3.64. The lowest BCUT2D eigenvalue weighted by atomic mass is 10.1. The smallest absolute Gasteiger partial charge is 0.326 e. The minimum Gasteiger partial charge on any atom is -0.481 e. The highest BCUT2D eigenvalue weighted by Crippen LogP contribution is 2.12. The van der Waals surface area contributed by atoms with Crippen molar-refractivity contribution in [3.05, 3.63) is 28.5 Å². The molecular weight excluding hydrogens is 320 g/mol. The highest BCUT2D eigenvalue weighted by atomic mass is 79.9. The van der Waals surface area contributed by atoms with Crippen molar-refractivity contribution >= 4 is 33.8 Å². The Morgan fingerprint density at radius 1 is 1.37 bits per heavy atom. The van der Waals surface area contributed by atoms with E-state index >= 15 is 0 Å². The fraction of sp³-hybridized carbons (Fsp3) is 0.273. The average molecular weight is 331 g/mol. The lowest BCUT2D eigenvalue weighted by Crippen LogP contribution is -2.41. The number of carbonyl (C=O) groups is 3. The standard InChI is InChI=1S/C11H11BrN2O5/c12-9-6(2-1-5-13-9)10(17)14-7(11(18)19)3-4-8(15)16/h1-2,5,7H,3-4H2,(H,14,17)(H,15,16)(H,18,19). The number of aromatic nitrogens is 1. The summed E-state index contributed by atoms with van der Waals surface area (Å²) in [6, 6.07) is 1.76. The van der Waals surface area contributed by atoms with Crippen LogP contribution in [0.2, 0.25) is 0 Å². The largest absolute Gasteiger partial charge is 0.481 e. The number of halogens is 1. The SMILES string of the molecule is O=C(O)CCC(NC(=O)c1cccnc1Br)C(=O)O.